The number of guanidine groups is 1. The zero-order valence-corrected chi connectivity index (χ0v) is 17.6. The average Bonchev–Trinajstić information content (AvgIpc) is 2.56. The number of hydrogen-bond acceptors (Lipinski definition) is 3. The third-order valence-corrected chi connectivity index (χ3v) is 4.04. The predicted molar refractivity (Wildman–Crippen MR) is 108 cm³/mol. The second-order valence-corrected chi connectivity index (χ2v) is 6.27. The van der Waals surface area contributed by atoms with Crippen molar-refractivity contribution in [1.29, 1.82) is 0 Å². The molecule has 150 valence electrons. The number of alkyl halides is 3. The quantitative estimate of drug-likeness (QED) is 0.125. The lowest BCUT2D eigenvalue weighted by atomic mass is 10.4. The number of nitrogens with one attached hydrogen (secondary N) is 2. The van der Waals surface area contributed by atoms with Crippen molar-refractivity contribution in [3.05, 3.63) is 30.1 Å². The molecule has 1 aromatic carbocycles. The van der Waals surface area contributed by atoms with Crippen LogP contribution < -0.4 is 10.6 Å². The van der Waals surface area contributed by atoms with E-state index in [1.165, 1.54) is 12.1 Å². The first-order valence-corrected chi connectivity index (χ1v) is 8.86. The Labute approximate surface area is 172 Å². The van der Waals surface area contributed by atoms with Crippen molar-refractivity contribution in [3.8, 4) is 0 Å². The summed E-state index contributed by atoms with van der Waals surface area (Å²) in [6.07, 6.45) is -2.94. The van der Waals surface area contributed by atoms with Gasteiger partial charge in [-0.25, -0.2) is 4.39 Å². The van der Waals surface area contributed by atoms with Crippen molar-refractivity contribution in [1.82, 2.24) is 10.6 Å². The van der Waals surface area contributed by atoms with Crippen LogP contribution in [0.2, 0.25) is 0 Å². The summed E-state index contributed by atoms with van der Waals surface area (Å²) in [6, 6.07) is 6.36. The van der Waals surface area contributed by atoms with Gasteiger partial charge in [-0.3, -0.25) is 4.99 Å². The molecule has 0 aliphatic rings. The number of aliphatic imine (C=N–C) groups is 1. The second-order valence-electron chi connectivity index (χ2n) is 5.10. The second kappa shape index (κ2) is 14.3. The standard InChI is InChI=1S/C16H23F4N3OS.HI/c1-21-15(22-8-2-10-24-12-16(18,19)20)23-9-3-11-25-14-6-4-13(17)5-7-14;/h4-7H,2-3,8-12H2,1H3,(H2,21,22,23);1H. The van der Waals surface area contributed by atoms with Gasteiger partial charge in [0.2, 0.25) is 0 Å². The van der Waals surface area contributed by atoms with Crippen LogP contribution in [0.15, 0.2) is 34.2 Å². The van der Waals surface area contributed by atoms with Gasteiger partial charge < -0.3 is 15.4 Å². The van der Waals surface area contributed by atoms with Gasteiger partial charge in [0.05, 0.1) is 0 Å². The van der Waals surface area contributed by atoms with Crippen LogP contribution >= 0.6 is 35.7 Å². The third-order valence-electron chi connectivity index (χ3n) is 2.94. The molecule has 1 aromatic rings. The highest BCUT2D eigenvalue weighted by molar-refractivity contribution is 14.0. The number of hydrogen-bond donors (Lipinski definition) is 2. The Bertz CT molecular complexity index is 515. The van der Waals surface area contributed by atoms with Gasteiger partial charge in [0, 0.05) is 31.6 Å². The van der Waals surface area contributed by atoms with Crippen molar-refractivity contribution in [3.63, 3.8) is 0 Å². The number of halogens is 5. The summed E-state index contributed by atoms with van der Waals surface area (Å²) in [5.41, 5.74) is 0. The molecule has 0 saturated carbocycles. The minimum Gasteiger partial charge on any atom is -0.372 e. The number of rotatable bonds is 10. The van der Waals surface area contributed by atoms with Crippen LogP contribution in [-0.2, 0) is 4.74 Å². The molecular weight excluding hydrogens is 485 g/mol. The Kier molecular flexibility index (Phi) is 13.9. The molecule has 0 heterocycles. The van der Waals surface area contributed by atoms with Gasteiger partial charge in [-0.15, -0.1) is 35.7 Å². The normalized spacial score (nSPS) is 11.8. The molecule has 10 heteroatoms. The van der Waals surface area contributed by atoms with Gasteiger partial charge in [-0.2, -0.15) is 13.2 Å². The van der Waals surface area contributed by atoms with Crippen molar-refractivity contribution in [2.45, 2.75) is 23.9 Å². The average molecular weight is 509 g/mol. The summed E-state index contributed by atoms with van der Waals surface area (Å²) in [7, 11) is 1.63. The number of ether oxygens (including phenoxy) is 1. The summed E-state index contributed by atoms with van der Waals surface area (Å²) in [5, 5.41) is 6.14. The molecule has 0 radical (unpaired) electrons. The van der Waals surface area contributed by atoms with Crippen LogP contribution in [0, 0.1) is 5.82 Å². The van der Waals surface area contributed by atoms with E-state index in [4.69, 9.17) is 0 Å². The Balaban J connectivity index is 0.00000625. The molecule has 0 amide bonds. The van der Waals surface area contributed by atoms with E-state index in [0.29, 0.717) is 25.5 Å². The molecule has 2 N–H and O–H groups in total. The van der Waals surface area contributed by atoms with Crippen molar-refractivity contribution < 1.29 is 22.3 Å². The van der Waals surface area contributed by atoms with Crippen LogP contribution in [0.4, 0.5) is 17.6 Å². The molecule has 0 aromatic heterocycles. The molecule has 0 aliphatic carbocycles. The Hall–Kier alpha value is -0.750. The van der Waals surface area contributed by atoms with Gasteiger partial charge >= 0.3 is 6.18 Å². The smallest absolute Gasteiger partial charge is 0.372 e. The first-order valence-electron chi connectivity index (χ1n) is 7.88. The first kappa shape index (κ1) is 25.2. The predicted octanol–water partition coefficient (Wildman–Crippen LogP) is 4.06. The molecule has 0 bridgehead atoms. The van der Waals surface area contributed by atoms with Gasteiger partial charge in [-0.1, -0.05) is 0 Å². The fourth-order valence-electron chi connectivity index (χ4n) is 1.79. The van der Waals surface area contributed by atoms with E-state index in [1.54, 1.807) is 30.9 Å². The fourth-order valence-corrected chi connectivity index (χ4v) is 2.64. The molecule has 0 saturated heterocycles. The monoisotopic (exact) mass is 509 g/mol. The summed E-state index contributed by atoms with van der Waals surface area (Å²) in [5.74, 6) is 1.23. The topological polar surface area (TPSA) is 45.7 Å². The van der Waals surface area contributed by atoms with E-state index >= 15 is 0 Å². The van der Waals surface area contributed by atoms with Crippen molar-refractivity contribution in [2.75, 3.05) is 39.1 Å². The maximum Gasteiger partial charge on any atom is 0.411 e. The molecule has 4 nitrogen and oxygen atoms in total. The van der Waals surface area contributed by atoms with E-state index < -0.39 is 12.8 Å². The number of nitrogens with zero attached hydrogens (tertiary/aromatic N) is 1. The molecule has 0 aliphatic heterocycles. The third kappa shape index (κ3) is 13.5. The first-order chi connectivity index (χ1) is 11.9. The summed E-state index contributed by atoms with van der Waals surface area (Å²) in [6.45, 7) is 0.00378. The molecule has 26 heavy (non-hydrogen) atoms. The summed E-state index contributed by atoms with van der Waals surface area (Å²) >= 11 is 1.64. The summed E-state index contributed by atoms with van der Waals surface area (Å²) < 4.78 is 53.0. The van der Waals surface area contributed by atoms with Gasteiger partial charge in [0.15, 0.2) is 5.96 Å². The van der Waals surface area contributed by atoms with Gasteiger partial charge in [0.1, 0.15) is 12.4 Å². The lowest BCUT2D eigenvalue weighted by Crippen LogP contribution is -2.38. The lowest BCUT2D eigenvalue weighted by Gasteiger charge is -2.12. The molecule has 1 rings (SSSR count). The Morgan fingerprint density at radius 3 is 2.31 bits per heavy atom. The lowest BCUT2D eigenvalue weighted by molar-refractivity contribution is -0.173. The maximum atomic E-state index is 12.8. The minimum absolute atomic E-state index is 0. The molecule has 0 atom stereocenters. The molecular formula is C16H24F4IN3OS. The van der Waals surface area contributed by atoms with E-state index in [9.17, 15) is 17.6 Å². The number of benzene rings is 1. The van der Waals surface area contributed by atoms with E-state index in [1.807, 2.05) is 0 Å². The van der Waals surface area contributed by atoms with Crippen LogP contribution in [-0.4, -0.2) is 51.2 Å². The fraction of sp³-hybridized carbons (Fsp3) is 0.562. The van der Waals surface area contributed by atoms with E-state index in [0.717, 1.165) is 17.1 Å². The highest BCUT2D eigenvalue weighted by Crippen LogP contribution is 2.18. The largest absolute Gasteiger partial charge is 0.411 e. The zero-order chi connectivity index (χ0) is 18.5. The van der Waals surface area contributed by atoms with E-state index in [-0.39, 0.29) is 36.4 Å². The van der Waals surface area contributed by atoms with Gasteiger partial charge in [-0.05, 0) is 42.9 Å². The van der Waals surface area contributed by atoms with Crippen molar-refractivity contribution in [2.24, 2.45) is 4.99 Å². The Morgan fingerprint density at radius 2 is 1.73 bits per heavy atom. The molecule has 0 unspecified atom stereocenters. The van der Waals surface area contributed by atoms with Crippen LogP contribution in [0.25, 0.3) is 0 Å². The highest BCUT2D eigenvalue weighted by Gasteiger charge is 2.27. The molecule has 0 fully saturated rings. The van der Waals surface area contributed by atoms with Gasteiger partial charge in [0.25, 0.3) is 0 Å². The highest BCUT2D eigenvalue weighted by atomic mass is 127. The zero-order valence-electron chi connectivity index (χ0n) is 14.4. The van der Waals surface area contributed by atoms with Crippen LogP contribution in [0.5, 0.6) is 0 Å². The summed E-state index contributed by atoms with van der Waals surface area (Å²) in [4.78, 5) is 5.05. The maximum absolute atomic E-state index is 12.8. The van der Waals surface area contributed by atoms with Crippen LogP contribution in [0.3, 0.4) is 0 Å². The SMILES string of the molecule is CN=C(NCCCOCC(F)(F)F)NCCCSc1ccc(F)cc1.I. The molecule has 0 spiro atoms. The van der Waals surface area contributed by atoms with Crippen LogP contribution in [0.1, 0.15) is 12.8 Å². The van der Waals surface area contributed by atoms with Crippen molar-refractivity contribution >= 4 is 41.7 Å². The number of thioether (sulfide) groups is 1. The minimum atomic E-state index is -4.28. The van der Waals surface area contributed by atoms with E-state index in [2.05, 4.69) is 20.4 Å². The Morgan fingerprint density at radius 1 is 1.12 bits per heavy atom.